The molecular formula is C7H15NS. The maximum Gasteiger partial charge on any atom is 0.0182 e. The van der Waals surface area contributed by atoms with Crippen molar-refractivity contribution in [3.05, 3.63) is 0 Å². The van der Waals surface area contributed by atoms with E-state index in [9.17, 15) is 0 Å². The van der Waals surface area contributed by atoms with Crippen molar-refractivity contribution in [1.82, 2.24) is 0 Å². The van der Waals surface area contributed by atoms with Gasteiger partial charge in [0, 0.05) is 11.8 Å². The minimum absolute atomic E-state index is 0.394. The molecule has 1 heterocycles. The van der Waals surface area contributed by atoms with E-state index in [1.54, 1.807) is 0 Å². The zero-order chi connectivity index (χ0) is 6.91. The molecule has 9 heavy (non-hydrogen) atoms. The highest BCUT2D eigenvalue weighted by atomic mass is 32.2. The van der Waals surface area contributed by atoms with E-state index in [0.29, 0.717) is 11.5 Å². The Hall–Kier alpha value is 0.310. The van der Waals surface area contributed by atoms with Gasteiger partial charge < -0.3 is 5.73 Å². The largest absolute Gasteiger partial charge is 0.326 e. The van der Waals surface area contributed by atoms with E-state index in [1.165, 1.54) is 12.2 Å². The Bertz CT molecular complexity index is 101. The molecule has 1 rings (SSSR count). The summed E-state index contributed by atoms with van der Waals surface area (Å²) in [4.78, 5) is 0. The number of hydrogen-bond donors (Lipinski definition) is 1. The topological polar surface area (TPSA) is 26.0 Å². The zero-order valence-electron chi connectivity index (χ0n) is 6.18. The van der Waals surface area contributed by atoms with Crippen molar-refractivity contribution in [1.29, 1.82) is 0 Å². The van der Waals surface area contributed by atoms with Crippen LogP contribution in [0.25, 0.3) is 0 Å². The summed E-state index contributed by atoms with van der Waals surface area (Å²) in [5.41, 5.74) is 6.29. The molecule has 1 aliphatic heterocycles. The molecule has 0 aliphatic carbocycles. The summed E-state index contributed by atoms with van der Waals surface area (Å²) in [7, 11) is 0. The highest BCUT2D eigenvalue weighted by molar-refractivity contribution is 7.99. The van der Waals surface area contributed by atoms with Crippen molar-refractivity contribution in [3.63, 3.8) is 0 Å². The van der Waals surface area contributed by atoms with Crippen LogP contribution in [-0.4, -0.2) is 17.5 Å². The molecule has 2 heteroatoms. The fourth-order valence-electron chi connectivity index (χ4n) is 0.957. The molecular weight excluding hydrogens is 130 g/mol. The zero-order valence-corrected chi connectivity index (χ0v) is 7.00. The quantitative estimate of drug-likeness (QED) is 0.558. The highest BCUT2D eigenvalue weighted by Gasteiger charge is 2.29. The molecule has 1 atom stereocenters. The first-order chi connectivity index (χ1) is 4.13. The summed E-state index contributed by atoms with van der Waals surface area (Å²) in [5, 5.41) is 0. The first kappa shape index (κ1) is 7.42. The molecule has 0 saturated carbocycles. The fourth-order valence-corrected chi connectivity index (χ4v) is 2.50. The van der Waals surface area contributed by atoms with Crippen LogP contribution in [0.5, 0.6) is 0 Å². The van der Waals surface area contributed by atoms with Gasteiger partial charge in [-0.25, -0.2) is 0 Å². The van der Waals surface area contributed by atoms with Gasteiger partial charge in [0.15, 0.2) is 0 Å². The van der Waals surface area contributed by atoms with E-state index in [1.807, 2.05) is 11.8 Å². The molecule has 1 unspecified atom stereocenters. The second-order valence-corrected chi connectivity index (χ2v) is 4.57. The van der Waals surface area contributed by atoms with E-state index >= 15 is 0 Å². The fraction of sp³-hybridized carbons (Fsp3) is 1.00. The molecule has 0 aromatic rings. The van der Waals surface area contributed by atoms with Gasteiger partial charge in [-0.3, -0.25) is 0 Å². The SMILES string of the molecule is CC1(C)CCSCC1N. The molecule has 54 valence electrons. The minimum atomic E-state index is 0.394. The van der Waals surface area contributed by atoms with Gasteiger partial charge in [-0.1, -0.05) is 13.8 Å². The molecule has 0 bridgehead atoms. The molecule has 1 saturated heterocycles. The van der Waals surface area contributed by atoms with E-state index in [4.69, 9.17) is 5.73 Å². The average molecular weight is 145 g/mol. The second-order valence-electron chi connectivity index (χ2n) is 3.42. The summed E-state index contributed by atoms with van der Waals surface area (Å²) in [5.74, 6) is 2.44. The van der Waals surface area contributed by atoms with Gasteiger partial charge in [0.05, 0.1) is 0 Å². The summed E-state index contributed by atoms with van der Waals surface area (Å²) in [6.07, 6.45) is 1.28. The van der Waals surface area contributed by atoms with Crippen LogP contribution in [-0.2, 0) is 0 Å². The van der Waals surface area contributed by atoms with Crippen molar-refractivity contribution in [2.75, 3.05) is 11.5 Å². The van der Waals surface area contributed by atoms with Crippen LogP contribution in [0.15, 0.2) is 0 Å². The molecule has 2 N–H and O–H groups in total. The number of hydrogen-bond acceptors (Lipinski definition) is 2. The van der Waals surface area contributed by atoms with Crippen LogP contribution in [0.4, 0.5) is 0 Å². The summed E-state index contributed by atoms with van der Waals surface area (Å²) in [6, 6.07) is 0.413. The van der Waals surface area contributed by atoms with Gasteiger partial charge >= 0.3 is 0 Å². The summed E-state index contributed by atoms with van der Waals surface area (Å²) < 4.78 is 0. The van der Waals surface area contributed by atoms with Crippen LogP contribution in [0, 0.1) is 5.41 Å². The number of rotatable bonds is 0. The third-order valence-corrected chi connectivity index (χ3v) is 3.28. The molecule has 0 radical (unpaired) electrons. The first-order valence-corrected chi connectivity index (χ1v) is 4.62. The third kappa shape index (κ3) is 1.62. The Balaban J connectivity index is 2.49. The first-order valence-electron chi connectivity index (χ1n) is 3.46. The number of nitrogens with two attached hydrogens (primary N) is 1. The highest BCUT2D eigenvalue weighted by Crippen LogP contribution is 2.32. The van der Waals surface area contributed by atoms with Crippen molar-refractivity contribution in [3.8, 4) is 0 Å². The van der Waals surface area contributed by atoms with Gasteiger partial charge in [0.25, 0.3) is 0 Å². The molecule has 1 aliphatic rings. The van der Waals surface area contributed by atoms with Crippen LogP contribution in [0.2, 0.25) is 0 Å². The Morgan fingerprint density at radius 1 is 1.56 bits per heavy atom. The molecule has 0 spiro atoms. The summed E-state index contributed by atoms with van der Waals surface area (Å²) in [6.45, 7) is 4.52. The molecule has 0 aromatic carbocycles. The lowest BCUT2D eigenvalue weighted by molar-refractivity contribution is 0.289. The lowest BCUT2D eigenvalue weighted by atomic mass is 9.83. The van der Waals surface area contributed by atoms with Gasteiger partial charge in [-0.15, -0.1) is 0 Å². The van der Waals surface area contributed by atoms with Crippen molar-refractivity contribution < 1.29 is 0 Å². The van der Waals surface area contributed by atoms with Crippen LogP contribution in [0.1, 0.15) is 20.3 Å². The minimum Gasteiger partial charge on any atom is -0.326 e. The van der Waals surface area contributed by atoms with E-state index in [-0.39, 0.29) is 0 Å². The number of thioether (sulfide) groups is 1. The predicted molar refractivity (Wildman–Crippen MR) is 43.7 cm³/mol. The van der Waals surface area contributed by atoms with Crippen molar-refractivity contribution >= 4 is 11.8 Å². The normalized spacial score (nSPS) is 34.3. The van der Waals surface area contributed by atoms with Crippen molar-refractivity contribution in [2.45, 2.75) is 26.3 Å². The van der Waals surface area contributed by atoms with Crippen LogP contribution in [0.3, 0.4) is 0 Å². The van der Waals surface area contributed by atoms with Gasteiger partial charge in [-0.05, 0) is 17.6 Å². The lowest BCUT2D eigenvalue weighted by Crippen LogP contribution is -2.42. The maximum absolute atomic E-state index is 5.89. The Morgan fingerprint density at radius 2 is 2.22 bits per heavy atom. The average Bonchev–Trinajstić information content (AvgIpc) is 1.77. The van der Waals surface area contributed by atoms with E-state index in [0.717, 1.165) is 5.75 Å². The van der Waals surface area contributed by atoms with Gasteiger partial charge in [0.2, 0.25) is 0 Å². The third-order valence-electron chi connectivity index (χ3n) is 2.19. The van der Waals surface area contributed by atoms with Gasteiger partial charge in [0.1, 0.15) is 0 Å². The van der Waals surface area contributed by atoms with Crippen molar-refractivity contribution in [2.24, 2.45) is 11.1 Å². The maximum atomic E-state index is 5.89. The van der Waals surface area contributed by atoms with Crippen LogP contribution >= 0.6 is 11.8 Å². The standard InChI is InChI=1S/C7H15NS/c1-7(2)3-4-9-5-6(7)8/h6H,3-5,8H2,1-2H3. The van der Waals surface area contributed by atoms with E-state index in [2.05, 4.69) is 13.8 Å². The van der Waals surface area contributed by atoms with E-state index < -0.39 is 0 Å². The smallest absolute Gasteiger partial charge is 0.0182 e. The van der Waals surface area contributed by atoms with Crippen LogP contribution < -0.4 is 5.73 Å². The molecule has 1 fully saturated rings. The summed E-state index contributed by atoms with van der Waals surface area (Å²) >= 11 is 1.98. The Kier molecular flexibility index (Phi) is 2.07. The molecule has 0 amide bonds. The second kappa shape index (κ2) is 2.51. The van der Waals surface area contributed by atoms with Gasteiger partial charge in [-0.2, -0.15) is 11.8 Å². The lowest BCUT2D eigenvalue weighted by Gasteiger charge is -2.35. The molecule has 1 nitrogen and oxygen atoms in total. The Labute approximate surface area is 61.4 Å². The Morgan fingerprint density at radius 3 is 2.56 bits per heavy atom. The molecule has 0 aromatic heterocycles. The predicted octanol–water partition coefficient (Wildman–Crippen LogP) is 1.48. The monoisotopic (exact) mass is 145 g/mol.